The average molecular weight is 333 g/mol. The third kappa shape index (κ3) is 4.10. The van der Waals surface area contributed by atoms with Crippen molar-refractivity contribution in [1.29, 1.82) is 0 Å². The topological polar surface area (TPSA) is 41.1 Å². The summed E-state index contributed by atoms with van der Waals surface area (Å²) in [6.07, 6.45) is 0. The molecule has 0 spiro atoms. The Morgan fingerprint density at radius 3 is 2.35 bits per heavy atom. The lowest BCUT2D eigenvalue weighted by molar-refractivity contribution is -0.114. The van der Waals surface area contributed by atoms with Gasteiger partial charge in [0.1, 0.15) is 0 Å². The number of aryl methyl sites for hydroxylation is 1. The van der Waals surface area contributed by atoms with E-state index in [0.717, 1.165) is 22.4 Å². The predicted molar refractivity (Wildman–Crippen MR) is 87.0 cm³/mol. The summed E-state index contributed by atoms with van der Waals surface area (Å²) in [6, 6.07) is 14.0. The van der Waals surface area contributed by atoms with Crippen molar-refractivity contribution in [2.75, 3.05) is 10.6 Å². The van der Waals surface area contributed by atoms with Crippen molar-refractivity contribution < 1.29 is 4.79 Å². The van der Waals surface area contributed by atoms with Crippen LogP contribution in [0.3, 0.4) is 0 Å². The number of nitrogens with one attached hydrogen (secondary N) is 2. The van der Waals surface area contributed by atoms with Crippen molar-refractivity contribution in [2.45, 2.75) is 20.4 Å². The molecule has 4 heteroatoms. The number of rotatable bonds is 4. The van der Waals surface area contributed by atoms with Gasteiger partial charge in [0.2, 0.25) is 5.91 Å². The lowest BCUT2D eigenvalue weighted by Crippen LogP contribution is -2.06. The number of carbonyl (C=O) groups excluding carboxylic acids is 1. The van der Waals surface area contributed by atoms with Gasteiger partial charge in [-0.2, -0.15) is 0 Å². The number of hydrogen-bond donors (Lipinski definition) is 2. The van der Waals surface area contributed by atoms with Gasteiger partial charge in [0.05, 0.1) is 0 Å². The normalized spacial score (nSPS) is 10.2. The zero-order valence-electron chi connectivity index (χ0n) is 11.5. The maximum Gasteiger partial charge on any atom is 0.221 e. The summed E-state index contributed by atoms with van der Waals surface area (Å²) in [7, 11) is 0. The van der Waals surface area contributed by atoms with Crippen molar-refractivity contribution in [2.24, 2.45) is 0 Å². The number of hydrogen-bond acceptors (Lipinski definition) is 2. The van der Waals surface area contributed by atoms with E-state index in [2.05, 4.69) is 39.6 Å². The minimum absolute atomic E-state index is 0.0544. The molecule has 0 saturated heterocycles. The molecule has 0 saturated carbocycles. The molecule has 0 atom stereocenters. The zero-order valence-corrected chi connectivity index (χ0v) is 13.1. The summed E-state index contributed by atoms with van der Waals surface area (Å²) in [6.45, 7) is 4.32. The molecular formula is C16H17BrN2O. The van der Waals surface area contributed by atoms with Gasteiger partial charge in [0.15, 0.2) is 0 Å². The van der Waals surface area contributed by atoms with Crippen molar-refractivity contribution in [3.05, 3.63) is 58.1 Å². The van der Waals surface area contributed by atoms with Gasteiger partial charge in [-0.05, 0) is 48.4 Å². The molecule has 2 rings (SSSR count). The summed E-state index contributed by atoms with van der Waals surface area (Å²) in [5.41, 5.74) is 4.29. The molecule has 0 heterocycles. The molecule has 0 aliphatic carbocycles. The molecule has 0 unspecified atom stereocenters. The van der Waals surface area contributed by atoms with Crippen LogP contribution < -0.4 is 10.6 Å². The summed E-state index contributed by atoms with van der Waals surface area (Å²) in [5, 5.41) is 6.14. The fraction of sp³-hybridized carbons (Fsp3) is 0.188. The van der Waals surface area contributed by atoms with Crippen molar-refractivity contribution in [3.8, 4) is 0 Å². The Kier molecular flexibility index (Phi) is 4.79. The lowest BCUT2D eigenvalue weighted by Gasteiger charge is -2.09. The van der Waals surface area contributed by atoms with Gasteiger partial charge in [-0.3, -0.25) is 4.79 Å². The molecule has 104 valence electrons. The Morgan fingerprint density at radius 2 is 1.75 bits per heavy atom. The Morgan fingerprint density at radius 1 is 1.10 bits per heavy atom. The smallest absolute Gasteiger partial charge is 0.221 e. The second-order valence-corrected chi connectivity index (χ2v) is 5.55. The molecule has 0 bridgehead atoms. The van der Waals surface area contributed by atoms with Gasteiger partial charge in [-0.15, -0.1) is 0 Å². The fourth-order valence-corrected chi connectivity index (χ4v) is 2.11. The summed E-state index contributed by atoms with van der Waals surface area (Å²) in [4.78, 5) is 10.9. The summed E-state index contributed by atoms with van der Waals surface area (Å²) < 4.78 is 1.11. The molecule has 3 nitrogen and oxygen atoms in total. The first-order chi connectivity index (χ1) is 9.54. The second kappa shape index (κ2) is 6.57. The van der Waals surface area contributed by atoms with Crippen LogP contribution in [0, 0.1) is 6.92 Å². The molecule has 0 aromatic heterocycles. The number of amides is 1. The highest BCUT2D eigenvalue weighted by Crippen LogP contribution is 2.20. The lowest BCUT2D eigenvalue weighted by atomic mass is 10.2. The Hall–Kier alpha value is -1.81. The first-order valence-electron chi connectivity index (χ1n) is 6.41. The summed E-state index contributed by atoms with van der Waals surface area (Å²) >= 11 is 3.49. The SMILES string of the molecule is CC(=O)Nc1ccc(CNc2ccc(Br)c(C)c2)cc1. The predicted octanol–water partition coefficient (Wildman–Crippen LogP) is 4.33. The van der Waals surface area contributed by atoms with Crippen LogP contribution in [-0.2, 0) is 11.3 Å². The van der Waals surface area contributed by atoms with E-state index in [1.54, 1.807) is 0 Å². The van der Waals surface area contributed by atoms with E-state index in [1.807, 2.05) is 36.4 Å². The van der Waals surface area contributed by atoms with Crippen molar-refractivity contribution >= 4 is 33.2 Å². The van der Waals surface area contributed by atoms with E-state index in [9.17, 15) is 4.79 Å². The monoisotopic (exact) mass is 332 g/mol. The Bertz CT molecular complexity index is 608. The van der Waals surface area contributed by atoms with Gasteiger partial charge in [-0.25, -0.2) is 0 Å². The van der Waals surface area contributed by atoms with Gasteiger partial charge < -0.3 is 10.6 Å². The van der Waals surface area contributed by atoms with Crippen molar-refractivity contribution in [3.63, 3.8) is 0 Å². The van der Waals surface area contributed by atoms with E-state index in [4.69, 9.17) is 0 Å². The fourth-order valence-electron chi connectivity index (χ4n) is 1.87. The van der Waals surface area contributed by atoms with Crippen LogP contribution in [0.2, 0.25) is 0 Å². The van der Waals surface area contributed by atoms with Crippen molar-refractivity contribution in [1.82, 2.24) is 0 Å². The van der Waals surface area contributed by atoms with Gasteiger partial charge in [-0.1, -0.05) is 28.1 Å². The van der Waals surface area contributed by atoms with Gasteiger partial charge >= 0.3 is 0 Å². The molecule has 0 aliphatic heterocycles. The number of carbonyl (C=O) groups is 1. The minimum atomic E-state index is -0.0544. The Balaban J connectivity index is 1.96. The quantitative estimate of drug-likeness (QED) is 0.874. The number of halogens is 1. The molecule has 2 aromatic carbocycles. The zero-order chi connectivity index (χ0) is 14.5. The maximum absolute atomic E-state index is 10.9. The highest BCUT2D eigenvalue weighted by Gasteiger charge is 1.99. The van der Waals surface area contributed by atoms with E-state index < -0.39 is 0 Å². The van der Waals surface area contributed by atoms with Crippen LogP contribution >= 0.6 is 15.9 Å². The van der Waals surface area contributed by atoms with Crippen LogP contribution in [0.15, 0.2) is 46.9 Å². The van der Waals surface area contributed by atoms with E-state index in [0.29, 0.717) is 0 Å². The van der Waals surface area contributed by atoms with Crippen LogP contribution in [0.25, 0.3) is 0 Å². The second-order valence-electron chi connectivity index (χ2n) is 4.70. The van der Waals surface area contributed by atoms with Crippen LogP contribution in [-0.4, -0.2) is 5.91 Å². The molecule has 2 aromatic rings. The molecule has 0 aliphatic rings. The van der Waals surface area contributed by atoms with Crippen LogP contribution in [0.5, 0.6) is 0 Å². The van der Waals surface area contributed by atoms with E-state index in [1.165, 1.54) is 18.1 Å². The van der Waals surface area contributed by atoms with Gasteiger partial charge in [0.25, 0.3) is 0 Å². The molecule has 2 N–H and O–H groups in total. The van der Waals surface area contributed by atoms with Crippen LogP contribution in [0.1, 0.15) is 18.1 Å². The average Bonchev–Trinajstić information content (AvgIpc) is 2.41. The molecule has 0 radical (unpaired) electrons. The standard InChI is InChI=1S/C16H17BrN2O/c1-11-9-15(7-8-16(11)17)18-10-13-3-5-14(6-4-13)19-12(2)20/h3-9,18H,10H2,1-2H3,(H,19,20). The highest BCUT2D eigenvalue weighted by molar-refractivity contribution is 9.10. The summed E-state index contributed by atoms with van der Waals surface area (Å²) in [5.74, 6) is -0.0544. The first-order valence-corrected chi connectivity index (χ1v) is 7.20. The van der Waals surface area contributed by atoms with E-state index >= 15 is 0 Å². The minimum Gasteiger partial charge on any atom is -0.381 e. The number of benzene rings is 2. The molecule has 0 fully saturated rings. The van der Waals surface area contributed by atoms with E-state index in [-0.39, 0.29) is 5.91 Å². The van der Waals surface area contributed by atoms with Crippen LogP contribution in [0.4, 0.5) is 11.4 Å². The Labute approximate surface area is 127 Å². The largest absolute Gasteiger partial charge is 0.381 e. The molecule has 20 heavy (non-hydrogen) atoms. The highest BCUT2D eigenvalue weighted by atomic mass is 79.9. The molecule has 1 amide bonds. The number of anilines is 2. The maximum atomic E-state index is 10.9. The molecular weight excluding hydrogens is 316 g/mol. The third-order valence-corrected chi connectivity index (χ3v) is 3.82. The first kappa shape index (κ1) is 14.6. The third-order valence-electron chi connectivity index (χ3n) is 2.93. The van der Waals surface area contributed by atoms with Gasteiger partial charge in [0, 0.05) is 29.3 Å².